The predicted molar refractivity (Wildman–Crippen MR) is 94.2 cm³/mol. The lowest BCUT2D eigenvalue weighted by Crippen LogP contribution is -2.47. The van der Waals surface area contributed by atoms with Crippen molar-refractivity contribution in [2.24, 2.45) is 0 Å². The average molecular weight is 377 g/mol. The number of hydrogen-bond acceptors (Lipinski definition) is 3. The van der Waals surface area contributed by atoms with Crippen LogP contribution in [0.3, 0.4) is 0 Å². The molecular formula is C18H21BrN2O2. The van der Waals surface area contributed by atoms with Crippen LogP contribution < -0.4 is 4.74 Å². The normalized spacial score (nSPS) is 11.1. The van der Waals surface area contributed by atoms with Gasteiger partial charge in [-0.1, -0.05) is 30.3 Å². The fourth-order valence-corrected chi connectivity index (χ4v) is 2.53. The first-order valence-electron chi connectivity index (χ1n) is 7.45. The average Bonchev–Trinajstić information content (AvgIpc) is 2.51. The molecule has 0 atom stereocenters. The Balaban J connectivity index is 2.07. The largest absolute Gasteiger partial charge is 0.481 e. The molecule has 0 aliphatic heterocycles. The minimum atomic E-state index is -0.289. The van der Waals surface area contributed by atoms with Crippen molar-refractivity contribution in [2.75, 3.05) is 6.61 Å². The Bertz CT molecular complexity index is 654. The van der Waals surface area contributed by atoms with Crippen LogP contribution in [-0.4, -0.2) is 27.9 Å². The molecule has 1 aromatic carbocycles. The number of amides is 1. The number of nitrogens with zero attached hydrogens (tertiary/aromatic N) is 2. The molecule has 5 heteroatoms. The topological polar surface area (TPSA) is 42.4 Å². The highest BCUT2D eigenvalue weighted by Gasteiger charge is 2.27. The molecule has 1 aromatic heterocycles. The Hall–Kier alpha value is -1.88. The molecule has 1 heterocycles. The number of halogens is 1. The number of carbonyl (C=O) groups excluding carboxylic acids is 1. The quantitative estimate of drug-likeness (QED) is 0.739. The lowest BCUT2D eigenvalue weighted by Gasteiger charge is -2.35. The van der Waals surface area contributed by atoms with Gasteiger partial charge in [-0.25, -0.2) is 4.98 Å². The number of hydrogen-bond donors (Lipinski definition) is 0. The van der Waals surface area contributed by atoms with Crippen LogP contribution in [0.2, 0.25) is 0 Å². The van der Waals surface area contributed by atoms with Crippen molar-refractivity contribution in [3.8, 4) is 5.75 Å². The maximum atomic E-state index is 12.6. The molecule has 2 rings (SSSR count). The first-order chi connectivity index (χ1) is 10.9. The summed E-state index contributed by atoms with van der Waals surface area (Å²) in [7, 11) is 0. The summed E-state index contributed by atoms with van der Waals surface area (Å²) in [6.45, 7) is 6.60. The van der Waals surface area contributed by atoms with Crippen molar-refractivity contribution in [1.82, 2.24) is 9.88 Å². The highest BCUT2D eigenvalue weighted by Crippen LogP contribution is 2.22. The van der Waals surface area contributed by atoms with Gasteiger partial charge in [0.2, 0.25) is 0 Å². The van der Waals surface area contributed by atoms with Crippen molar-refractivity contribution in [3.63, 3.8) is 0 Å². The Labute approximate surface area is 145 Å². The zero-order chi connectivity index (χ0) is 16.9. The lowest BCUT2D eigenvalue weighted by molar-refractivity contribution is -0.139. The second-order valence-corrected chi connectivity index (χ2v) is 6.97. The highest BCUT2D eigenvalue weighted by atomic mass is 79.9. The van der Waals surface area contributed by atoms with Crippen molar-refractivity contribution in [2.45, 2.75) is 32.9 Å². The third-order valence-electron chi connectivity index (χ3n) is 3.37. The SMILES string of the molecule is CC(C)(C)N(Cc1ccccc1)C(=O)COc1cccnc1Br. The smallest absolute Gasteiger partial charge is 0.261 e. The van der Waals surface area contributed by atoms with E-state index >= 15 is 0 Å². The van der Waals surface area contributed by atoms with E-state index in [0.29, 0.717) is 16.9 Å². The summed E-state index contributed by atoms with van der Waals surface area (Å²) in [5, 5.41) is 0. The third-order valence-corrected chi connectivity index (χ3v) is 3.97. The van der Waals surface area contributed by atoms with Crippen molar-refractivity contribution < 1.29 is 9.53 Å². The maximum Gasteiger partial charge on any atom is 0.261 e. The summed E-state index contributed by atoms with van der Waals surface area (Å²) in [5.41, 5.74) is 0.806. The van der Waals surface area contributed by atoms with E-state index in [1.54, 1.807) is 18.3 Å². The first-order valence-corrected chi connectivity index (χ1v) is 8.25. The van der Waals surface area contributed by atoms with Crippen molar-refractivity contribution >= 4 is 21.8 Å². The monoisotopic (exact) mass is 376 g/mol. The van der Waals surface area contributed by atoms with E-state index in [9.17, 15) is 4.79 Å². The van der Waals surface area contributed by atoms with Gasteiger partial charge in [-0.3, -0.25) is 4.79 Å². The van der Waals surface area contributed by atoms with Gasteiger partial charge in [0.1, 0.15) is 4.60 Å². The van der Waals surface area contributed by atoms with E-state index in [2.05, 4.69) is 20.9 Å². The molecule has 2 aromatic rings. The molecule has 0 spiro atoms. The molecule has 1 amide bonds. The van der Waals surface area contributed by atoms with Crippen LogP contribution in [0.25, 0.3) is 0 Å². The minimum absolute atomic E-state index is 0.0194. The van der Waals surface area contributed by atoms with Gasteiger partial charge in [0.05, 0.1) is 0 Å². The molecule has 0 saturated heterocycles. The van der Waals surface area contributed by atoms with Gasteiger partial charge in [0.15, 0.2) is 12.4 Å². The number of aromatic nitrogens is 1. The summed E-state index contributed by atoms with van der Waals surface area (Å²) in [6, 6.07) is 13.5. The zero-order valence-electron chi connectivity index (χ0n) is 13.6. The number of carbonyl (C=O) groups is 1. The summed E-state index contributed by atoms with van der Waals surface area (Å²) in [5.74, 6) is 0.506. The summed E-state index contributed by atoms with van der Waals surface area (Å²) < 4.78 is 6.21. The van der Waals surface area contributed by atoms with Crippen LogP contribution >= 0.6 is 15.9 Å². The molecule has 0 saturated carbocycles. The van der Waals surface area contributed by atoms with Crippen LogP contribution in [0.4, 0.5) is 0 Å². The van der Waals surface area contributed by atoms with Crippen LogP contribution in [0, 0.1) is 0 Å². The van der Waals surface area contributed by atoms with E-state index in [1.165, 1.54) is 0 Å². The van der Waals surface area contributed by atoms with Crippen molar-refractivity contribution in [1.29, 1.82) is 0 Å². The lowest BCUT2D eigenvalue weighted by atomic mass is 10.0. The summed E-state index contributed by atoms with van der Waals surface area (Å²) in [6.07, 6.45) is 1.66. The fourth-order valence-electron chi connectivity index (χ4n) is 2.16. The number of benzene rings is 1. The first kappa shape index (κ1) is 17.5. The summed E-state index contributed by atoms with van der Waals surface area (Å²) >= 11 is 3.32. The standard InChI is InChI=1S/C18H21BrN2O2/c1-18(2,3)21(12-14-8-5-4-6-9-14)16(22)13-23-15-10-7-11-20-17(15)19/h4-11H,12-13H2,1-3H3. The molecule has 0 N–H and O–H groups in total. The van der Waals surface area contributed by atoms with Gasteiger partial charge in [-0.2, -0.15) is 0 Å². The molecule has 23 heavy (non-hydrogen) atoms. The highest BCUT2D eigenvalue weighted by molar-refractivity contribution is 9.10. The van der Waals surface area contributed by atoms with E-state index in [1.807, 2.05) is 56.0 Å². The van der Waals surface area contributed by atoms with Crippen LogP contribution in [0.5, 0.6) is 5.75 Å². The molecule has 0 bridgehead atoms. The van der Waals surface area contributed by atoms with Gasteiger partial charge in [0.25, 0.3) is 5.91 Å². The van der Waals surface area contributed by atoms with Gasteiger partial charge in [0, 0.05) is 18.3 Å². The zero-order valence-corrected chi connectivity index (χ0v) is 15.2. The van der Waals surface area contributed by atoms with Gasteiger partial charge >= 0.3 is 0 Å². The second-order valence-electron chi connectivity index (χ2n) is 6.22. The van der Waals surface area contributed by atoms with E-state index in [4.69, 9.17) is 4.74 Å². The maximum absolute atomic E-state index is 12.6. The Morgan fingerprint density at radius 3 is 2.48 bits per heavy atom. The number of pyridine rings is 1. The Kier molecular flexibility index (Phi) is 5.77. The van der Waals surface area contributed by atoms with Gasteiger partial charge in [-0.05, 0) is 54.4 Å². The van der Waals surface area contributed by atoms with Crippen molar-refractivity contribution in [3.05, 3.63) is 58.8 Å². The summed E-state index contributed by atoms with van der Waals surface area (Å²) in [4.78, 5) is 18.6. The minimum Gasteiger partial charge on any atom is -0.481 e. The molecule has 0 fully saturated rings. The fraction of sp³-hybridized carbons (Fsp3) is 0.333. The Morgan fingerprint density at radius 2 is 1.87 bits per heavy atom. The number of rotatable bonds is 5. The van der Waals surface area contributed by atoms with Crippen LogP contribution in [0.15, 0.2) is 53.3 Å². The molecule has 0 aliphatic rings. The number of ether oxygens (including phenoxy) is 1. The van der Waals surface area contributed by atoms with Crippen LogP contribution in [0.1, 0.15) is 26.3 Å². The van der Waals surface area contributed by atoms with Gasteiger partial charge < -0.3 is 9.64 Å². The van der Waals surface area contributed by atoms with Gasteiger partial charge in [-0.15, -0.1) is 0 Å². The molecule has 122 valence electrons. The Morgan fingerprint density at radius 1 is 1.17 bits per heavy atom. The van der Waals surface area contributed by atoms with E-state index in [-0.39, 0.29) is 18.1 Å². The van der Waals surface area contributed by atoms with E-state index < -0.39 is 0 Å². The van der Waals surface area contributed by atoms with E-state index in [0.717, 1.165) is 5.56 Å². The van der Waals surface area contributed by atoms with Crippen LogP contribution in [-0.2, 0) is 11.3 Å². The molecule has 0 radical (unpaired) electrons. The molecular weight excluding hydrogens is 356 g/mol. The molecule has 0 unspecified atom stereocenters. The predicted octanol–water partition coefficient (Wildman–Crippen LogP) is 4.05. The molecule has 4 nitrogen and oxygen atoms in total. The molecule has 0 aliphatic carbocycles. The third kappa shape index (κ3) is 5.06. The second kappa shape index (κ2) is 7.59.